The number of rotatable bonds is 15. The van der Waals surface area contributed by atoms with Crippen LogP contribution in [-0.2, 0) is 18.9 Å². The Labute approximate surface area is 154 Å². The number of ether oxygens (including phenoxy) is 4. The van der Waals surface area contributed by atoms with E-state index in [2.05, 4.69) is 11.2 Å². The van der Waals surface area contributed by atoms with Crippen LogP contribution in [0.4, 0.5) is 0 Å². The van der Waals surface area contributed by atoms with Gasteiger partial charge in [0, 0.05) is 17.7 Å². The van der Waals surface area contributed by atoms with E-state index in [9.17, 15) is 9.59 Å². The van der Waals surface area contributed by atoms with E-state index in [4.69, 9.17) is 25.4 Å². The van der Waals surface area contributed by atoms with Crippen molar-refractivity contribution in [2.75, 3.05) is 59.4 Å². The SMILES string of the molecule is C#CCOCCOCCOCCOCCNC(=O)c1ccc(C=O)cc1. The molecule has 0 unspecified atom stereocenters. The van der Waals surface area contributed by atoms with Gasteiger partial charge in [0.1, 0.15) is 12.9 Å². The van der Waals surface area contributed by atoms with Gasteiger partial charge in [-0.2, -0.15) is 0 Å². The summed E-state index contributed by atoms with van der Waals surface area (Å²) in [7, 11) is 0. The summed E-state index contributed by atoms with van der Waals surface area (Å²) < 4.78 is 21.0. The first-order chi connectivity index (χ1) is 12.8. The minimum absolute atomic E-state index is 0.203. The highest BCUT2D eigenvalue weighted by Crippen LogP contribution is 2.02. The van der Waals surface area contributed by atoms with Crippen LogP contribution in [0.15, 0.2) is 24.3 Å². The lowest BCUT2D eigenvalue weighted by molar-refractivity contribution is 0.00176. The van der Waals surface area contributed by atoms with Crippen molar-refractivity contribution in [2.24, 2.45) is 0 Å². The molecule has 26 heavy (non-hydrogen) atoms. The van der Waals surface area contributed by atoms with E-state index in [1.54, 1.807) is 24.3 Å². The smallest absolute Gasteiger partial charge is 0.251 e. The second-order valence-corrected chi connectivity index (χ2v) is 5.09. The molecule has 1 aromatic carbocycles. The standard InChI is InChI=1S/C19H25NO6/c1-2-8-23-10-12-25-14-15-26-13-11-24-9-7-20-19(22)18-5-3-17(16-21)4-6-18/h1,3-6,16H,7-15H2,(H,20,22). The average Bonchev–Trinajstić information content (AvgIpc) is 2.68. The van der Waals surface area contributed by atoms with Crippen LogP contribution >= 0.6 is 0 Å². The summed E-state index contributed by atoms with van der Waals surface area (Å²) >= 11 is 0. The van der Waals surface area contributed by atoms with Gasteiger partial charge in [-0.05, 0) is 12.1 Å². The molecule has 0 aromatic heterocycles. The predicted octanol–water partition coefficient (Wildman–Crippen LogP) is 0.929. The minimum Gasteiger partial charge on any atom is -0.377 e. The summed E-state index contributed by atoms with van der Waals surface area (Å²) in [6.45, 7) is 3.90. The molecule has 142 valence electrons. The van der Waals surface area contributed by atoms with Gasteiger partial charge in [0.2, 0.25) is 0 Å². The van der Waals surface area contributed by atoms with Crippen LogP contribution in [0.2, 0.25) is 0 Å². The van der Waals surface area contributed by atoms with Crippen molar-refractivity contribution in [1.82, 2.24) is 5.32 Å². The fourth-order valence-corrected chi connectivity index (χ4v) is 1.84. The number of carbonyl (C=O) groups excluding carboxylic acids is 2. The predicted molar refractivity (Wildman–Crippen MR) is 96.3 cm³/mol. The van der Waals surface area contributed by atoms with Gasteiger partial charge < -0.3 is 24.3 Å². The zero-order chi connectivity index (χ0) is 18.9. The van der Waals surface area contributed by atoms with Crippen LogP contribution < -0.4 is 5.32 Å². The second-order valence-electron chi connectivity index (χ2n) is 5.09. The van der Waals surface area contributed by atoms with Crippen LogP contribution in [0.25, 0.3) is 0 Å². The highest BCUT2D eigenvalue weighted by Gasteiger charge is 2.04. The maximum absolute atomic E-state index is 11.9. The van der Waals surface area contributed by atoms with Crippen molar-refractivity contribution >= 4 is 12.2 Å². The van der Waals surface area contributed by atoms with Crippen molar-refractivity contribution in [1.29, 1.82) is 0 Å². The van der Waals surface area contributed by atoms with E-state index in [1.807, 2.05) is 0 Å². The van der Waals surface area contributed by atoms with Gasteiger partial charge >= 0.3 is 0 Å². The molecule has 0 heterocycles. The molecule has 1 aromatic rings. The summed E-state index contributed by atoms with van der Waals surface area (Å²) in [4.78, 5) is 22.4. The van der Waals surface area contributed by atoms with Crippen LogP contribution in [0.5, 0.6) is 0 Å². The average molecular weight is 363 g/mol. The van der Waals surface area contributed by atoms with E-state index in [0.29, 0.717) is 70.5 Å². The van der Waals surface area contributed by atoms with E-state index < -0.39 is 0 Å². The number of nitrogens with one attached hydrogen (secondary N) is 1. The van der Waals surface area contributed by atoms with Gasteiger partial charge in [0.05, 0.1) is 46.2 Å². The van der Waals surface area contributed by atoms with Crippen molar-refractivity contribution in [3.63, 3.8) is 0 Å². The Kier molecular flexibility index (Phi) is 12.6. The van der Waals surface area contributed by atoms with Gasteiger partial charge in [-0.3, -0.25) is 9.59 Å². The first kappa shape index (κ1) is 21.8. The highest BCUT2D eigenvalue weighted by molar-refractivity contribution is 5.94. The van der Waals surface area contributed by atoms with Crippen molar-refractivity contribution < 1.29 is 28.5 Å². The third-order valence-corrected chi connectivity index (χ3v) is 3.14. The zero-order valence-electron chi connectivity index (χ0n) is 14.8. The van der Waals surface area contributed by atoms with E-state index in [-0.39, 0.29) is 5.91 Å². The highest BCUT2D eigenvalue weighted by atomic mass is 16.6. The summed E-state index contributed by atoms with van der Waals surface area (Å²) in [6.07, 6.45) is 5.78. The Morgan fingerprint density at radius 3 is 2.00 bits per heavy atom. The molecule has 1 N–H and O–H groups in total. The molecule has 0 aliphatic rings. The Balaban J connectivity index is 1.89. The van der Waals surface area contributed by atoms with E-state index >= 15 is 0 Å². The van der Waals surface area contributed by atoms with Gasteiger partial charge in [-0.15, -0.1) is 6.42 Å². The quantitative estimate of drug-likeness (QED) is 0.284. The third kappa shape index (κ3) is 10.6. The summed E-state index contributed by atoms with van der Waals surface area (Å²) in [5, 5.41) is 2.74. The molecule has 1 amide bonds. The van der Waals surface area contributed by atoms with Crippen molar-refractivity contribution in [3.05, 3.63) is 35.4 Å². The summed E-state index contributed by atoms with van der Waals surface area (Å²) in [6, 6.07) is 6.42. The molecule has 7 nitrogen and oxygen atoms in total. The molecule has 0 saturated carbocycles. The lowest BCUT2D eigenvalue weighted by Gasteiger charge is -2.08. The Hall–Kier alpha value is -2.24. The van der Waals surface area contributed by atoms with Gasteiger partial charge in [0.25, 0.3) is 5.91 Å². The molecule has 0 aliphatic carbocycles. The normalized spacial score (nSPS) is 10.3. The number of hydrogen-bond acceptors (Lipinski definition) is 6. The first-order valence-corrected chi connectivity index (χ1v) is 8.36. The molecule has 0 radical (unpaired) electrons. The molecule has 1 rings (SSSR count). The lowest BCUT2D eigenvalue weighted by Crippen LogP contribution is -2.27. The molecule has 0 saturated heterocycles. The van der Waals surface area contributed by atoms with Gasteiger partial charge in [0.15, 0.2) is 0 Å². The topological polar surface area (TPSA) is 83.1 Å². The number of carbonyl (C=O) groups is 2. The van der Waals surface area contributed by atoms with Crippen LogP contribution in [0, 0.1) is 12.3 Å². The largest absolute Gasteiger partial charge is 0.377 e. The Bertz CT molecular complexity index is 552. The summed E-state index contributed by atoms with van der Waals surface area (Å²) in [5.41, 5.74) is 1.04. The molecule has 0 spiro atoms. The maximum Gasteiger partial charge on any atom is 0.251 e. The van der Waals surface area contributed by atoms with E-state index in [1.165, 1.54) is 0 Å². The van der Waals surface area contributed by atoms with Crippen molar-refractivity contribution in [2.45, 2.75) is 0 Å². The lowest BCUT2D eigenvalue weighted by atomic mass is 10.1. The first-order valence-electron chi connectivity index (χ1n) is 8.36. The molecule has 0 bridgehead atoms. The van der Waals surface area contributed by atoms with Crippen molar-refractivity contribution in [3.8, 4) is 12.3 Å². The molecular formula is C19H25NO6. The van der Waals surface area contributed by atoms with E-state index in [0.717, 1.165) is 6.29 Å². The number of aldehydes is 1. The second kappa shape index (κ2) is 15.0. The molecular weight excluding hydrogens is 338 g/mol. The zero-order valence-corrected chi connectivity index (χ0v) is 14.8. The Morgan fingerprint density at radius 1 is 0.923 bits per heavy atom. The van der Waals surface area contributed by atoms with Gasteiger partial charge in [-0.1, -0.05) is 18.1 Å². The number of terminal acetylenes is 1. The molecule has 0 aliphatic heterocycles. The molecule has 0 atom stereocenters. The van der Waals surface area contributed by atoms with Crippen LogP contribution in [0.1, 0.15) is 20.7 Å². The monoisotopic (exact) mass is 363 g/mol. The van der Waals surface area contributed by atoms with Crippen LogP contribution in [0.3, 0.4) is 0 Å². The number of benzene rings is 1. The number of amides is 1. The fourth-order valence-electron chi connectivity index (χ4n) is 1.84. The third-order valence-electron chi connectivity index (χ3n) is 3.14. The number of hydrogen-bond donors (Lipinski definition) is 1. The molecule has 0 fully saturated rings. The fraction of sp³-hybridized carbons (Fsp3) is 0.474. The van der Waals surface area contributed by atoms with Gasteiger partial charge in [-0.25, -0.2) is 0 Å². The molecule has 7 heteroatoms. The minimum atomic E-state index is -0.203. The summed E-state index contributed by atoms with van der Waals surface area (Å²) in [5.74, 6) is 2.17. The van der Waals surface area contributed by atoms with Crippen LogP contribution in [-0.4, -0.2) is 71.6 Å². The maximum atomic E-state index is 11.9. The Morgan fingerprint density at radius 2 is 1.46 bits per heavy atom.